The predicted molar refractivity (Wildman–Crippen MR) is 177 cm³/mol. The summed E-state index contributed by atoms with van der Waals surface area (Å²) in [5.41, 5.74) is 5.33. The van der Waals surface area contributed by atoms with E-state index in [-0.39, 0.29) is 0 Å². The van der Waals surface area contributed by atoms with Crippen molar-refractivity contribution in [1.82, 2.24) is 0 Å². The number of hydrogen-bond acceptors (Lipinski definition) is 3. The zero-order valence-electron chi connectivity index (χ0n) is 23.6. The fraction of sp³-hybridized carbons (Fsp3) is 0.588. The van der Waals surface area contributed by atoms with Gasteiger partial charge >= 0.3 is 0 Å². The number of unbranched alkanes of at least 4 members (excludes halogenated alkanes) is 10. The summed E-state index contributed by atoms with van der Waals surface area (Å²) in [6.07, 6.45) is 20.6. The highest BCUT2D eigenvalue weighted by molar-refractivity contribution is 7.99. The van der Waals surface area contributed by atoms with E-state index in [9.17, 15) is 0 Å². The molecule has 0 fully saturated rings. The normalized spacial score (nSPS) is 11.1. The molecule has 0 spiro atoms. The third-order valence-corrected chi connectivity index (χ3v) is 9.00. The first-order valence-corrected chi connectivity index (χ1v) is 16.9. The maximum atomic E-state index is 5.72. The number of benzene rings is 2. The molecule has 2 aromatic carbocycles. The van der Waals surface area contributed by atoms with E-state index in [2.05, 4.69) is 62.4 Å². The van der Waals surface area contributed by atoms with Gasteiger partial charge in [0.05, 0.1) is 0 Å². The van der Waals surface area contributed by atoms with Gasteiger partial charge in [-0.1, -0.05) is 151 Å². The van der Waals surface area contributed by atoms with Crippen molar-refractivity contribution in [2.24, 2.45) is 0 Å². The lowest BCUT2D eigenvalue weighted by atomic mass is 10.0. The summed E-state index contributed by atoms with van der Waals surface area (Å²) in [6.45, 7) is 4.55. The lowest BCUT2D eigenvalue weighted by molar-refractivity contribution is 0.607. The van der Waals surface area contributed by atoms with Crippen molar-refractivity contribution >= 4 is 45.9 Å². The highest BCUT2D eigenvalue weighted by Crippen LogP contribution is 2.17. The van der Waals surface area contributed by atoms with E-state index >= 15 is 0 Å². The molecule has 204 valence electrons. The Balaban J connectivity index is 1.57. The number of aryl methyl sites for hydroxylation is 2. The topological polar surface area (TPSA) is 0 Å². The molecule has 0 N–H and O–H groups in total. The number of hydrogen-bond donors (Lipinski definition) is 0. The molecule has 0 saturated carbocycles. The molecule has 0 radical (unpaired) electrons. The summed E-state index contributed by atoms with van der Waals surface area (Å²) >= 11 is 13.4. The van der Waals surface area contributed by atoms with E-state index in [1.807, 2.05) is 11.8 Å². The van der Waals surface area contributed by atoms with E-state index < -0.39 is 0 Å². The van der Waals surface area contributed by atoms with Gasteiger partial charge in [0.25, 0.3) is 0 Å². The van der Waals surface area contributed by atoms with E-state index in [1.54, 1.807) is 0 Å². The van der Waals surface area contributed by atoms with Crippen LogP contribution >= 0.6 is 36.2 Å². The van der Waals surface area contributed by atoms with Crippen LogP contribution in [-0.4, -0.2) is 21.2 Å². The van der Waals surface area contributed by atoms with Gasteiger partial charge in [-0.2, -0.15) is 11.8 Å². The average molecular weight is 555 g/mol. The van der Waals surface area contributed by atoms with Crippen LogP contribution in [0.4, 0.5) is 0 Å². The molecule has 0 amide bonds. The highest BCUT2D eigenvalue weighted by atomic mass is 32.2. The van der Waals surface area contributed by atoms with Crippen molar-refractivity contribution in [3.63, 3.8) is 0 Å². The smallest absolute Gasteiger partial charge is 0.0232 e. The lowest BCUT2D eigenvalue weighted by Crippen LogP contribution is -2.02. The Hall–Kier alpha value is -1.03. The standard InChI is InChI=1S/C34H50S3/c1-3-5-7-9-11-13-15-29-17-21-31(22-18-29)33(35)25-27-37-28-26-34(36)32-23-19-30(20-24-32)16-14-12-10-8-6-4-2/h17-24H,3-16,25-28H2,1-2H3. The molecule has 0 unspecified atom stereocenters. The Morgan fingerprint density at radius 2 is 0.865 bits per heavy atom. The third kappa shape index (κ3) is 14.6. The quantitative estimate of drug-likeness (QED) is 0.0807. The number of thiocarbonyl (C=S) groups is 2. The predicted octanol–water partition coefficient (Wildman–Crippen LogP) is 11.1. The molecule has 3 heteroatoms. The molecule has 0 aliphatic rings. The summed E-state index contributed by atoms with van der Waals surface area (Å²) in [7, 11) is 0. The van der Waals surface area contributed by atoms with Crippen molar-refractivity contribution in [2.45, 2.75) is 117 Å². The molecule has 0 aliphatic heterocycles. The van der Waals surface area contributed by atoms with Crippen LogP contribution in [0.1, 0.15) is 126 Å². The summed E-state index contributed by atoms with van der Waals surface area (Å²) < 4.78 is 0. The maximum absolute atomic E-state index is 5.72. The van der Waals surface area contributed by atoms with Crippen LogP contribution in [0.2, 0.25) is 0 Å². The second-order valence-electron chi connectivity index (χ2n) is 10.4. The molecular formula is C34H50S3. The van der Waals surface area contributed by atoms with Crippen molar-refractivity contribution in [3.8, 4) is 0 Å². The first-order valence-electron chi connectivity index (χ1n) is 15.0. The van der Waals surface area contributed by atoms with Crippen LogP contribution in [0, 0.1) is 0 Å². The highest BCUT2D eigenvalue weighted by Gasteiger charge is 2.05. The Kier molecular flexibility index (Phi) is 18.2. The summed E-state index contributed by atoms with van der Waals surface area (Å²) in [5.74, 6) is 2.14. The van der Waals surface area contributed by atoms with Crippen LogP contribution in [0.15, 0.2) is 48.5 Å². The van der Waals surface area contributed by atoms with Crippen molar-refractivity contribution in [1.29, 1.82) is 0 Å². The van der Waals surface area contributed by atoms with E-state index in [0.717, 1.165) is 34.1 Å². The zero-order valence-corrected chi connectivity index (χ0v) is 26.0. The van der Waals surface area contributed by atoms with Gasteiger partial charge in [0.1, 0.15) is 0 Å². The first kappa shape index (κ1) is 32.2. The monoisotopic (exact) mass is 554 g/mol. The average Bonchev–Trinajstić information content (AvgIpc) is 2.93. The Labute approximate surface area is 243 Å². The molecular weight excluding hydrogens is 505 g/mol. The second-order valence-corrected chi connectivity index (χ2v) is 12.6. The largest absolute Gasteiger partial charge is 0.161 e. The minimum absolute atomic E-state index is 0.969. The molecule has 37 heavy (non-hydrogen) atoms. The molecule has 0 bridgehead atoms. The van der Waals surface area contributed by atoms with Crippen molar-refractivity contribution < 1.29 is 0 Å². The molecule has 0 saturated heterocycles. The Morgan fingerprint density at radius 1 is 0.514 bits per heavy atom. The van der Waals surface area contributed by atoms with Gasteiger partial charge < -0.3 is 0 Å². The third-order valence-electron chi connectivity index (χ3n) is 7.14. The fourth-order valence-electron chi connectivity index (χ4n) is 4.65. The summed E-state index contributed by atoms with van der Waals surface area (Å²) in [5, 5.41) is 0. The van der Waals surface area contributed by atoms with E-state index in [4.69, 9.17) is 24.4 Å². The van der Waals surface area contributed by atoms with Gasteiger partial charge in [-0.05, 0) is 72.3 Å². The SMILES string of the molecule is CCCCCCCCc1ccc(C(=S)CCSCCC(=S)c2ccc(CCCCCCCC)cc2)cc1. The Bertz CT molecular complexity index is 793. The van der Waals surface area contributed by atoms with Gasteiger partial charge in [0.2, 0.25) is 0 Å². The van der Waals surface area contributed by atoms with Gasteiger partial charge in [0, 0.05) is 9.73 Å². The lowest BCUT2D eigenvalue weighted by Gasteiger charge is -2.08. The Morgan fingerprint density at radius 3 is 1.24 bits per heavy atom. The van der Waals surface area contributed by atoms with Crippen LogP contribution in [0.25, 0.3) is 0 Å². The molecule has 2 aromatic rings. The molecule has 2 rings (SSSR count). The molecule has 0 aliphatic carbocycles. The number of thioether (sulfide) groups is 1. The fourth-order valence-corrected chi connectivity index (χ4v) is 6.29. The minimum Gasteiger partial charge on any atom is -0.161 e. The van der Waals surface area contributed by atoms with Crippen molar-refractivity contribution in [3.05, 3.63) is 70.8 Å². The first-order chi connectivity index (χ1) is 18.1. The van der Waals surface area contributed by atoms with E-state index in [0.29, 0.717) is 0 Å². The molecule has 0 heterocycles. The summed E-state index contributed by atoms with van der Waals surface area (Å²) in [4.78, 5) is 2.17. The van der Waals surface area contributed by atoms with Gasteiger partial charge in [-0.3, -0.25) is 0 Å². The minimum atomic E-state index is 0.969. The van der Waals surface area contributed by atoms with Gasteiger partial charge in [-0.25, -0.2) is 0 Å². The van der Waals surface area contributed by atoms with Gasteiger partial charge in [0.15, 0.2) is 0 Å². The molecule has 0 nitrogen and oxygen atoms in total. The van der Waals surface area contributed by atoms with Crippen LogP contribution < -0.4 is 0 Å². The van der Waals surface area contributed by atoms with E-state index in [1.165, 1.54) is 112 Å². The molecule has 0 aromatic heterocycles. The van der Waals surface area contributed by atoms with Crippen molar-refractivity contribution in [2.75, 3.05) is 11.5 Å². The molecule has 0 atom stereocenters. The maximum Gasteiger partial charge on any atom is 0.0232 e. The second kappa shape index (κ2) is 20.9. The summed E-state index contributed by atoms with van der Waals surface area (Å²) in [6, 6.07) is 18.0. The van der Waals surface area contributed by atoms with Crippen LogP contribution in [-0.2, 0) is 12.8 Å². The van der Waals surface area contributed by atoms with Crippen LogP contribution in [0.3, 0.4) is 0 Å². The number of rotatable bonds is 22. The van der Waals surface area contributed by atoms with Gasteiger partial charge in [-0.15, -0.1) is 0 Å². The van der Waals surface area contributed by atoms with Crippen LogP contribution in [0.5, 0.6) is 0 Å². The zero-order chi connectivity index (χ0) is 26.6.